The van der Waals surface area contributed by atoms with Crippen LogP contribution in [-0.2, 0) is 4.74 Å². The quantitative estimate of drug-likeness (QED) is 0.629. The number of hydrogen-bond acceptors (Lipinski definition) is 5. The highest BCUT2D eigenvalue weighted by Gasteiger charge is 2.18. The van der Waals surface area contributed by atoms with Crippen molar-refractivity contribution in [2.45, 2.75) is 32.8 Å². The lowest BCUT2D eigenvalue weighted by Gasteiger charge is -2.27. The fraction of sp³-hybridized carbons (Fsp3) is 0.471. The number of nitrogens with two attached hydrogens (primary N) is 1. The number of benzene rings is 1. The summed E-state index contributed by atoms with van der Waals surface area (Å²) in [6, 6.07) is 7.87. The lowest BCUT2D eigenvalue weighted by molar-refractivity contribution is -0.160. The van der Waals surface area contributed by atoms with Gasteiger partial charge in [-0.05, 0) is 63.6 Å². The highest BCUT2D eigenvalue weighted by molar-refractivity contribution is 5.83. The summed E-state index contributed by atoms with van der Waals surface area (Å²) in [5.41, 5.74) is 7.47. The van der Waals surface area contributed by atoms with Crippen LogP contribution in [0, 0.1) is 6.92 Å². The van der Waals surface area contributed by atoms with Crippen molar-refractivity contribution in [2.75, 3.05) is 20.3 Å². The highest BCUT2D eigenvalue weighted by Crippen LogP contribution is 2.22. The lowest BCUT2D eigenvalue weighted by Crippen LogP contribution is -2.35. The first kappa shape index (κ1) is 16.7. The van der Waals surface area contributed by atoms with Crippen molar-refractivity contribution in [3.63, 3.8) is 0 Å². The molecule has 2 aromatic rings. The van der Waals surface area contributed by atoms with Crippen molar-refractivity contribution in [1.29, 1.82) is 0 Å². The van der Waals surface area contributed by atoms with E-state index in [1.807, 2.05) is 51.4 Å². The first-order valence-corrected chi connectivity index (χ1v) is 7.50. The van der Waals surface area contributed by atoms with E-state index in [9.17, 15) is 0 Å². The second kappa shape index (κ2) is 7.05. The zero-order valence-electron chi connectivity index (χ0n) is 13.8. The second-order valence-electron chi connectivity index (χ2n) is 6.10. The van der Waals surface area contributed by atoms with Crippen LogP contribution in [0.5, 0.6) is 5.75 Å². The first-order chi connectivity index (χ1) is 10.4. The predicted molar refractivity (Wildman–Crippen MR) is 88.6 cm³/mol. The van der Waals surface area contributed by atoms with Crippen LogP contribution in [0.1, 0.15) is 25.8 Å². The molecule has 1 heterocycles. The maximum atomic E-state index is 5.82. The Hall–Kier alpha value is -1.69. The van der Waals surface area contributed by atoms with Gasteiger partial charge in [-0.3, -0.25) is 4.98 Å². The molecular formula is C17H25N3O2. The molecule has 0 bridgehead atoms. The summed E-state index contributed by atoms with van der Waals surface area (Å²) in [7, 11) is 1.85. The third-order valence-corrected chi connectivity index (χ3v) is 3.58. The smallest absolute Gasteiger partial charge is 0.148 e. The van der Waals surface area contributed by atoms with Crippen molar-refractivity contribution in [3.8, 4) is 5.75 Å². The molecule has 1 aromatic heterocycles. The van der Waals surface area contributed by atoms with Crippen LogP contribution >= 0.6 is 0 Å². The molecule has 2 rings (SSSR count). The molecule has 0 saturated heterocycles. The van der Waals surface area contributed by atoms with Crippen molar-refractivity contribution in [2.24, 2.45) is 5.73 Å². The summed E-state index contributed by atoms with van der Waals surface area (Å²) in [6.45, 7) is 7.10. The fourth-order valence-corrected chi connectivity index (χ4v) is 2.21. The molecule has 0 fully saturated rings. The third-order valence-electron chi connectivity index (χ3n) is 3.58. The van der Waals surface area contributed by atoms with Gasteiger partial charge in [0.25, 0.3) is 0 Å². The molecule has 22 heavy (non-hydrogen) atoms. The monoisotopic (exact) mass is 303 g/mol. The van der Waals surface area contributed by atoms with Gasteiger partial charge in [-0.2, -0.15) is 0 Å². The van der Waals surface area contributed by atoms with Gasteiger partial charge in [0.1, 0.15) is 12.5 Å². The van der Waals surface area contributed by atoms with Crippen molar-refractivity contribution < 1.29 is 9.57 Å². The molecule has 1 aromatic carbocycles. The molecule has 0 amide bonds. The van der Waals surface area contributed by atoms with Crippen LogP contribution in [0.3, 0.4) is 0 Å². The van der Waals surface area contributed by atoms with Crippen LogP contribution in [0.2, 0.25) is 0 Å². The number of pyridine rings is 1. The minimum atomic E-state index is -0.254. The van der Waals surface area contributed by atoms with Crippen LogP contribution in [0.4, 0.5) is 0 Å². The molecule has 120 valence electrons. The summed E-state index contributed by atoms with van der Waals surface area (Å²) in [4.78, 5) is 10.1. The Morgan fingerprint density at radius 1 is 1.27 bits per heavy atom. The molecule has 0 aliphatic heterocycles. The van der Waals surface area contributed by atoms with Gasteiger partial charge in [0, 0.05) is 18.6 Å². The summed E-state index contributed by atoms with van der Waals surface area (Å²) in [5, 5.41) is 2.77. The number of fused-ring (bicyclic) bond motifs is 1. The number of ether oxygens (including phenoxy) is 1. The van der Waals surface area contributed by atoms with Gasteiger partial charge >= 0.3 is 0 Å². The number of hydroxylamine groups is 2. The van der Waals surface area contributed by atoms with Gasteiger partial charge in [-0.15, -0.1) is 5.06 Å². The number of aromatic nitrogens is 1. The van der Waals surface area contributed by atoms with Gasteiger partial charge in [-0.1, -0.05) is 0 Å². The highest BCUT2D eigenvalue weighted by atomic mass is 16.7. The van der Waals surface area contributed by atoms with Crippen molar-refractivity contribution in [3.05, 3.63) is 36.0 Å². The molecule has 5 nitrogen and oxygen atoms in total. The summed E-state index contributed by atoms with van der Waals surface area (Å²) in [6.07, 6.45) is 2.62. The summed E-state index contributed by atoms with van der Waals surface area (Å²) in [5.74, 6) is 0.770. The predicted octanol–water partition coefficient (Wildman–Crippen LogP) is 2.87. The maximum absolute atomic E-state index is 5.82. The Morgan fingerprint density at radius 2 is 2.05 bits per heavy atom. The van der Waals surface area contributed by atoms with E-state index in [-0.39, 0.29) is 5.60 Å². The Labute approximate surface area is 132 Å². The van der Waals surface area contributed by atoms with Gasteiger partial charge in [0.2, 0.25) is 0 Å². The minimum absolute atomic E-state index is 0.254. The minimum Gasteiger partial charge on any atom is -0.404 e. The average molecular weight is 303 g/mol. The van der Waals surface area contributed by atoms with Crippen LogP contribution < -0.4 is 10.6 Å². The number of hydrogen-bond donors (Lipinski definition) is 1. The lowest BCUT2D eigenvalue weighted by atomic mass is 10.1. The topological polar surface area (TPSA) is 60.6 Å². The molecule has 0 spiro atoms. The Morgan fingerprint density at radius 3 is 2.77 bits per heavy atom. The second-order valence-corrected chi connectivity index (χ2v) is 6.10. The zero-order valence-corrected chi connectivity index (χ0v) is 13.8. The van der Waals surface area contributed by atoms with Gasteiger partial charge in [-0.25, -0.2) is 0 Å². The van der Waals surface area contributed by atoms with E-state index in [2.05, 4.69) is 11.9 Å². The molecule has 5 heteroatoms. The standard InChI is InChI=1S/C17H25N3O2/c1-13-7-10-19-16-6-5-14(11-15(13)16)22-20(4)12-21-17(2,3)8-9-18/h5-7,10-11H,8-9,12,18H2,1-4H3. The molecule has 0 unspecified atom stereocenters. The molecule has 0 radical (unpaired) electrons. The largest absolute Gasteiger partial charge is 0.404 e. The molecular weight excluding hydrogens is 278 g/mol. The molecule has 0 saturated carbocycles. The summed E-state index contributed by atoms with van der Waals surface area (Å²) < 4.78 is 5.82. The molecule has 2 N–H and O–H groups in total. The van der Waals surface area contributed by atoms with Crippen molar-refractivity contribution >= 4 is 10.9 Å². The Kier molecular flexibility index (Phi) is 5.34. The average Bonchev–Trinajstić information content (AvgIpc) is 2.46. The third kappa shape index (κ3) is 4.40. The van der Waals surface area contributed by atoms with Crippen LogP contribution in [0.15, 0.2) is 30.5 Å². The number of nitrogens with zero attached hydrogens (tertiary/aromatic N) is 2. The van der Waals surface area contributed by atoms with E-state index in [0.29, 0.717) is 13.3 Å². The van der Waals surface area contributed by atoms with E-state index in [4.69, 9.17) is 15.3 Å². The zero-order chi connectivity index (χ0) is 16.2. The van der Waals surface area contributed by atoms with E-state index in [1.54, 1.807) is 5.06 Å². The normalized spacial score (nSPS) is 12.1. The van der Waals surface area contributed by atoms with E-state index in [0.717, 1.165) is 23.1 Å². The molecule has 0 atom stereocenters. The van der Waals surface area contributed by atoms with Gasteiger partial charge in [0.05, 0.1) is 11.1 Å². The molecule has 0 aliphatic rings. The Balaban J connectivity index is 2.00. The SMILES string of the molecule is Cc1ccnc2ccc(ON(C)COC(C)(C)CCN)cc12. The maximum Gasteiger partial charge on any atom is 0.148 e. The van der Waals surface area contributed by atoms with Gasteiger partial charge < -0.3 is 15.3 Å². The van der Waals surface area contributed by atoms with Crippen molar-refractivity contribution in [1.82, 2.24) is 10.0 Å². The van der Waals surface area contributed by atoms with Gasteiger partial charge in [0.15, 0.2) is 0 Å². The van der Waals surface area contributed by atoms with E-state index in [1.165, 1.54) is 5.56 Å². The van der Waals surface area contributed by atoms with Crippen LogP contribution in [-0.4, -0.2) is 36.0 Å². The molecule has 0 aliphatic carbocycles. The van der Waals surface area contributed by atoms with Crippen LogP contribution in [0.25, 0.3) is 10.9 Å². The Bertz CT molecular complexity index is 628. The number of rotatable bonds is 7. The first-order valence-electron chi connectivity index (χ1n) is 7.50. The van der Waals surface area contributed by atoms with E-state index < -0.39 is 0 Å². The fourth-order valence-electron chi connectivity index (χ4n) is 2.21. The van der Waals surface area contributed by atoms with E-state index >= 15 is 0 Å². The summed E-state index contributed by atoms with van der Waals surface area (Å²) >= 11 is 0. The number of aryl methyl sites for hydroxylation is 1.